The van der Waals surface area contributed by atoms with Gasteiger partial charge in [-0.25, -0.2) is 4.98 Å². The molecule has 5 heteroatoms. The van der Waals surface area contributed by atoms with Gasteiger partial charge in [0.05, 0.1) is 11.4 Å². The van der Waals surface area contributed by atoms with E-state index in [1.807, 2.05) is 0 Å². The first-order valence-corrected chi connectivity index (χ1v) is 6.99. The van der Waals surface area contributed by atoms with Crippen LogP contribution in [-0.4, -0.2) is 34.3 Å². The Balaban J connectivity index is 2.23. The molecule has 2 N–H and O–H groups in total. The number of aryl methyl sites for hydroxylation is 2. The van der Waals surface area contributed by atoms with E-state index in [1.165, 1.54) is 19.3 Å². The molecule has 1 heterocycles. The number of aromatic nitrogens is 3. The lowest BCUT2D eigenvalue weighted by atomic mass is 9.91. The lowest BCUT2D eigenvalue weighted by molar-refractivity contribution is 0.382. The van der Waals surface area contributed by atoms with Crippen molar-refractivity contribution in [2.75, 3.05) is 18.0 Å². The average Bonchev–Trinajstić information content (AvgIpc) is 2.35. The highest BCUT2D eigenvalue weighted by atomic mass is 15.3. The van der Waals surface area contributed by atoms with Crippen LogP contribution < -0.4 is 10.6 Å². The Morgan fingerprint density at radius 3 is 2.39 bits per heavy atom. The highest BCUT2D eigenvalue weighted by molar-refractivity contribution is 5.33. The van der Waals surface area contributed by atoms with Gasteiger partial charge in [-0.2, -0.15) is 5.10 Å². The molecule has 1 fully saturated rings. The maximum absolute atomic E-state index is 5.69. The molecular formula is C13H23N5. The van der Waals surface area contributed by atoms with Gasteiger partial charge in [-0.1, -0.05) is 13.8 Å². The summed E-state index contributed by atoms with van der Waals surface area (Å²) in [5, 5.41) is 8.61. The number of nitrogens with two attached hydrogens (primary N) is 1. The van der Waals surface area contributed by atoms with Gasteiger partial charge in [0.1, 0.15) is 0 Å². The van der Waals surface area contributed by atoms with E-state index in [0.29, 0.717) is 12.6 Å². The Labute approximate surface area is 109 Å². The largest absolute Gasteiger partial charge is 0.335 e. The fraction of sp³-hybridized carbons (Fsp3) is 0.769. The van der Waals surface area contributed by atoms with Crippen molar-refractivity contribution < 1.29 is 0 Å². The van der Waals surface area contributed by atoms with Gasteiger partial charge in [0.15, 0.2) is 0 Å². The summed E-state index contributed by atoms with van der Waals surface area (Å²) in [6.07, 6.45) is 5.55. The molecule has 0 atom stereocenters. The topological polar surface area (TPSA) is 67.9 Å². The molecule has 0 radical (unpaired) electrons. The minimum Gasteiger partial charge on any atom is -0.335 e. The van der Waals surface area contributed by atoms with Crippen molar-refractivity contribution >= 4 is 5.95 Å². The van der Waals surface area contributed by atoms with Crippen LogP contribution in [0.4, 0.5) is 5.95 Å². The lowest BCUT2D eigenvalue weighted by Crippen LogP contribution is -2.44. The van der Waals surface area contributed by atoms with E-state index in [9.17, 15) is 0 Å². The zero-order valence-electron chi connectivity index (χ0n) is 11.4. The summed E-state index contributed by atoms with van der Waals surface area (Å²) in [6.45, 7) is 5.66. The second kappa shape index (κ2) is 6.09. The standard InChI is InChI=1S/C13H23N5/c1-3-11-12(4-2)16-17-13(15-11)18(9-8-14)10-6-5-7-10/h10H,3-9,14H2,1-2H3. The molecule has 18 heavy (non-hydrogen) atoms. The highest BCUT2D eigenvalue weighted by Crippen LogP contribution is 2.27. The van der Waals surface area contributed by atoms with Gasteiger partial charge < -0.3 is 10.6 Å². The molecule has 0 aliphatic heterocycles. The fourth-order valence-corrected chi connectivity index (χ4v) is 2.33. The normalized spacial score (nSPS) is 15.5. The second-order valence-corrected chi connectivity index (χ2v) is 4.78. The number of hydrogen-bond donors (Lipinski definition) is 1. The van der Waals surface area contributed by atoms with Gasteiger partial charge >= 0.3 is 0 Å². The second-order valence-electron chi connectivity index (χ2n) is 4.78. The molecule has 0 bridgehead atoms. The Kier molecular flexibility index (Phi) is 4.47. The molecule has 1 aliphatic rings. The summed E-state index contributed by atoms with van der Waals surface area (Å²) in [6, 6.07) is 0.563. The molecule has 1 aromatic heterocycles. The third-order valence-electron chi connectivity index (χ3n) is 3.64. The first-order valence-electron chi connectivity index (χ1n) is 6.99. The van der Waals surface area contributed by atoms with Crippen molar-refractivity contribution in [1.29, 1.82) is 0 Å². The molecule has 0 unspecified atom stereocenters. The van der Waals surface area contributed by atoms with Crippen LogP contribution in [0.15, 0.2) is 0 Å². The van der Waals surface area contributed by atoms with E-state index in [4.69, 9.17) is 5.73 Å². The highest BCUT2D eigenvalue weighted by Gasteiger charge is 2.27. The molecule has 0 spiro atoms. The lowest BCUT2D eigenvalue weighted by Gasteiger charge is -2.37. The summed E-state index contributed by atoms with van der Waals surface area (Å²) in [5.74, 6) is 0.763. The summed E-state index contributed by atoms with van der Waals surface area (Å²) in [4.78, 5) is 6.91. The molecule has 1 aromatic rings. The van der Waals surface area contributed by atoms with Gasteiger partial charge in [0, 0.05) is 19.1 Å². The SMILES string of the molecule is CCc1nnc(N(CCN)C2CCC2)nc1CC. The Morgan fingerprint density at radius 1 is 1.17 bits per heavy atom. The van der Waals surface area contributed by atoms with E-state index in [0.717, 1.165) is 36.7 Å². The van der Waals surface area contributed by atoms with Crippen molar-refractivity contribution in [1.82, 2.24) is 15.2 Å². The minimum absolute atomic E-state index is 0.563. The molecule has 0 amide bonds. The molecule has 0 aromatic carbocycles. The van der Waals surface area contributed by atoms with Gasteiger partial charge in [0.2, 0.25) is 5.95 Å². The van der Waals surface area contributed by atoms with Crippen molar-refractivity contribution in [3.8, 4) is 0 Å². The summed E-state index contributed by atoms with van der Waals surface area (Å²) >= 11 is 0. The smallest absolute Gasteiger partial charge is 0.245 e. The van der Waals surface area contributed by atoms with Gasteiger partial charge in [0.25, 0.3) is 0 Å². The van der Waals surface area contributed by atoms with Gasteiger partial charge in [-0.3, -0.25) is 0 Å². The van der Waals surface area contributed by atoms with E-state index >= 15 is 0 Å². The van der Waals surface area contributed by atoms with Crippen molar-refractivity contribution in [3.63, 3.8) is 0 Å². The fourth-order valence-electron chi connectivity index (χ4n) is 2.33. The molecular weight excluding hydrogens is 226 g/mol. The van der Waals surface area contributed by atoms with Crippen molar-refractivity contribution in [3.05, 3.63) is 11.4 Å². The van der Waals surface area contributed by atoms with Crippen LogP contribution in [0.2, 0.25) is 0 Å². The number of rotatable bonds is 6. The number of nitrogens with zero attached hydrogens (tertiary/aromatic N) is 4. The molecule has 100 valence electrons. The summed E-state index contributed by atoms with van der Waals surface area (Å²) in [7, 11) is 0. The number of anilines is 1. The summed E-state index contributed by atoms with van der Waals surface area (Å²) in [5.41, 5.74) is 7.78. The maximum atomic E-state index is 5.69. The maximum Gasteiger partial charge on any atom is 0.245 e. The quantitative estimate of drug-likeness (QED) is 0.823. The van der Waals surface area contributed by atoms with E-state index in [1.54, 1.807) is 0 Å². The van der Waals surface area contributed by atoms with Crippen LogP contribution in [0.3, 0.4) is 0 Å². The van der Waals surface area contributed by atoms with Crippen molar-refractivity contribution in [2.24, 2.45) is 5.73 Å². The van der Waals surface area contributed by atoms with Gasteiger partial charge in [-0.15, -0.1) is 5.10 Å². The van der Waals surface area contributed by atoms with Crippen molar-refractivity contribution in [2.45, 2.75) is 52.0 Å². The summed E-state index contributed by atoms with van der Waals surface area (Å²) < 4.78 is 0. The predicted molar refractivity (Wildman–Crippen MR) is 72.6 cm³/mol. The molecule has 2 rings (SSSR count). The number of hydrogen-bond acceptors (Lipinski definition) is 5. The van der Waals surface area contributed by atoms with Crippen LogP contribution in [-0.2, 0) is 12.8 Å². The van der Waals surface area contributed by atoms with E-state index in [2.05, 4.69) is 33.9 Å². The predicted octanol–water partition coefficient (Wildman–Crippen LogP) is 1.31. The Bertz CT molecular complexity index is 389. The van der Waals surface area contributed by atoms with Crippen LogP contribution in [0.25, 0.3) is 0 Å². The van der Waals surface area contributed by atoms with Gasteiger partial charge in [-0.05, 0) is 32.1 Å². The zero-order valence-corrected chi connectivity index (χ0v) is 11.4. The minimum atomic E-state index is 0.563. The van der Waals surface area contributed by atoms with Crippen LogP contribution in [0.5, 0.6) is 0 Å². The van der Waals surface area contributed by atoms with E-state index in [-0.39, 0.29) is 0 Å². The molecule has 5 nitrogen and oxygen atoms in total. The van der Waals surface area contributed by atoms with Crippen LogP contribution in [0, 0.1) is 0 Å². The van der Waals surface area contributed by atoms with E-state index < -0.39 is 0 Å². The zero-order chi connectivity index (χ0) is 13.0. The first kappa shape index (κ1) is 13.2. The van der Waals surface area contributed by atoms with Crippen LogP contribution in [0.1, 0.15) is 44.5 Å². The third-order valence-corrected chi connectivity index (χ3v) is 3.64. The molecule has 1 aliphatic carbocycles. The third kappa shape index (κ3) is 2.61. The monoisotopic (exact) mass is 249 g/mol. The molecule has 0 saturated heterocycles. The van der Waals surface area contributed by atoms with Crippen LogP contribution >= 0.6 is 0 Å². The molecule has 1 saturated carbocycles. The Morgan fingerprint density at radius 2 is 1.89 bits per heavy atom. The average molecular weight is 249 g/mol. The Hall–Kier alpha value is -1.23. The first-order chi connectivity index (χ1) is 8.80.